The molecule has 0 heterocycles. The molecule has 0 aromatic rings. The smallest absolute Gasteiger partial charge is 0.217 e. The van der Waals surface area contributed by atoms with E-state index in [1.54, 1.807) is 0 Å². The van der Waals surface area contributed by atoms with Crippen LogP contribution < -0.4 is 5.73 Å². The van der Waals surface area contributed by atoms with Crippen LogP contribution in [0.5, 0.6) is 0 Å². The maximum atomic E-state index is 10.9. The normalized spacial score (nSPS) is 12.4. The molecule has 2 nitrogen and oxygen atoms in total. The van der Waals surface area contributed by atoms with Crippen LogP contribution in [-0.4, -0.2) is 5.91 Å². The molecule has 2 heteroatoms. The highest BCUT2D eigenvalue weighted by Crippen LogP contribution is 2.18. The molecule has 23 heavy (non-hydrogen) atoms. The summed E-state index contributed by atoms with van der Waals surface area (Å²) in [7, 11) is 0. The predicted octanol–water partition coefficient (Wildman–Crippen LogP) is 6.76. The van der Waals surface area contributed by atoms with Gasteiger partial charge in [-0.25, -0.2) is 0 Å². The number of primary amides is 1. The molecule has 0 aliphatic carbocycles. The first-order valence-corrected chi connectivity index (χ1v) is 10.5. The molecule has 2 N–H and O–H groups in total. The molecule has 1 unspecified atom stereocenters. The third-order valence-corrected chi connectivity index (χ3v) is 5.03. The van der Waals surface area contributed by atoms with Gasteiger partial charge in [-0.15, -0.1) is 0 Å². The van der Waals surface area contributed by atoms with Gasteiger partial charge in [0.15, 0.2) is 0 Å². The fourth-order valence-corrected chi connectivity index (χ4v) is 3.36. The molecule has 0 fully saturated rings. The van der Waals surface area contributed by atoms with Gasteiger partial charge in [0.25, 0.3) is 0 Å². The number of hydrogen-bond donors (Lipinski definition) is 1. The third kappa shape index (κ3) is 17.7. The van der Waals surface area contributed by atoms with Gasteiger partial charge in [-0.2, -0.15) is 0 Å². The molecule has 0 saturated carbocycles. The van der Waals surface area contributed by atoms with Crippen LogP contribution in [0.1, 0.15) is 123 Å². The van der Waals surface area contributed by atoms with E-state index < -0.39 is 0 Å². The third-order valence-electron chi connectivity index (χ3n) is 5.03. The van der Waals surface area contributed by atoms with Gasteiger partial charge in [-0.05, 0) is 12.3 Å². The Labute approximate surface area is 146 Å². The minimum absolute atomic E-state index is 0.137. The molecule has 0 radical (unpaired) electrons. The standard InChI is InChI=1S/C21H43NO/c1-3-5-6-7-8-9-10-11-12-13-14-15-16-17-18-20(4-2)19-21(22)23/h20H,3-19H2,1-2H3,(H2,22,23). The van der Waals surface area contributed by atoms with E-state index >= 15 is 0 Å². The number of amides is 1. The molecule has 0 aromatic heterocycles. The minimum Gasteiger partial charge on any atom is -0.370 e. The first-order valence-electron chi connectivity index (χ1n) is 10.5. The lowest BCUT2D eigenvalue weighted by molar-refractivity contribution is -0.119. The Morgan fingerprint density at radius 2 is 1.09 bits per heavy atom. The molecule has 0 rings (SSSR count). The monoisotopic (exact) mass is 325 g/mol. The summed E-state index contributed by atoms with van der Waals surface area (Å²) in [4.78, 5) is 10.9. The second kappa shape index (κ2) is 17.8. The highest BCUT2D eigenvalue weighted by Gasteiger charge is 2.08. The van der Waals surface area contributed by atoms with Crippen molar-refractivity contribution >= 4 is 5.91 Å². The van der Waals surface area contributed by atoms with Gasteiger partial charge in [0.1, 0.15) is 0 Å². The molecule has 0 saturated heterocycles. The SMILES string of the molecule is CCCCCCCCCCCCCCCCC(CC)CC(N)=O. The molecule has 0 aliphatic rings. The number of carbonyl (C=O) groups excluding carboxylic acids is 1. The lowest BCUT2D eigenvalue weighted by Crippen LogP contribution is -2.15. The Bertz CT molecular complexity index is 252. The van der Waals surface area contributed by atoms with Crippen LogP contribution in [0.25, 0.3) is 0 Å². The average molecular weight is 326 g/mol. The van der Waals surface area contributed by atoms with Crippen LogP contribution in [0, 0.1) is 5.92 Å². The van der Waals surface area contributed by atoms with Crippen LogP contribution in [0.15, 0.2) is 0 Å². The Hall–Kier alpha value is -0.530. The van der Waals surface area contributed by atoms with Crippen LogP contribution in [0.2, 0.25) is 0 Å². The molecule has 1 amide bonds. The maximum Gasteiger partial charge on any atom is 0.217 e. The molecule has 0 aromatic carbocycles. The van der Waals surface area contributed by atoms with E-state index in [0.717, 1.165) is 6.42 Å². The minimum atomic E-state index is -0.137. The highest BCUT2D eigenvalue weighted by molar-refractivity contribution is 5.73. The lowest BCUT2D eigenvalue weighted by Gasteiger charge is -2.12. The van der Waals surface area contributed by atoms with Crippen molar-refractivity contribution in [1.29, 1.82) is 0 Å². The Balaban J connectivity index is 3.17. The van der Waals surface area contributed by atoms with Crippen molar-refractivity contribution < 1.29 is 4.79 Å². The van der Waals surface area contributed by atoms with Crippen LogP contribution in [0.4, 0.5) is 0 Å². The van der Waals surface area contributed by atoms with Gasteiger partial charge in [0.05, 0.1) is 0 Å². The van der Waals surface area contributed by atoms with Gasteiger partial charge in [0, 0.05) is 6.42 Å². The van der Waals surface area contributed by atoms with Crippen molar-refractivity contribution in [1.82, 2.24) is 0 Å². The molecule has 138 valence electrons. The second-order valence-corrected chi connectivity index (χ2v) is 7.33. The van der Waals surface area contributed by atoms with Crippen molar-refractivity contribution in [2.24, 2.45) is 11.7 Å². The van der Waals surface area contributed by atoms with E-state index in [-0.39, 0.29) is 5.91 Å². The summed E-state index contributed by atoms with van der Waals surface area (Å²) in [6.45, 7) is 4.45. The van der Waals surface area contributed by atoms with Crippen molar-refractivity contribution in [3.05, 3.63) is 0 Å². The molecule has 1 atom stereocenters. The molecule has 0 aliphatic heterocycles. The fraction of sp³-hybridized carbons (Fsp3) is 0.952. The van der Waals surface area contributed by atoms with E-state index in [9.17, 15) is 4.79 Å². The highest BCUT2D eigenvalue weighted by atomic mass is 16.1. The van der Waals surface area contributed by atoms with E-state index in [1.807, 2.05) is 0 Å². The van der Waals surface area contributed by atoms with Crippen LogP contribution in [-0.2, 0) is 4.79 Å². The summed E-state index contributed by atoms with van der Waals surface area (Å²) in [6.07, 6.45) is 22.5. The Kier molecular flexibility index (Phi) is 17.4. The van der Waals surface area contributed by atoms with Gasteiger partial charge >= 0.3 is 0 Å². The number of carbonyl (C=O) groups is 1. The van der Waals surface area contributed by atoms with E-state index in [4.69, 9.17) is 5.73 Å². The number of nitrogens with two attached hydrogens (primary N) is 1. The zero-order chi connectivity index (χ0) is 17.2. The second-order valence-electron chi connectivity index (χ2n) is 7.33. The summed E-state index contributed by atoms with van der Waals surface area (Å²) >= 11 is 0. The van der Waals surface area contributed by atoms with E-state index in [1.165, 1.54) is 96.3 Å². The molecule has 0 spiro atoms. The van der Waals surface area contributed by atoms with Crippen LogP contribution >= 0.6 is 0 Å². The molecule has 0 bridgehead atoms. The first-order chi connectivity index (χ1) is 11.2. The van der Waals surface area contributed by atoms with Crippen molar-refractivity contribution in [2.75, 3.05) is 0 Å². The fourth-order valence-electron chi connectivity index (χ4n) is 3.36. The Morgan fingerprint density at radius 1 is 0.696 bits per heavy atom. The summed E-state index contributed by atoms with van der Waals surface area (Å²) in [6, 6.07) is 0. The molecular weight excluding hydrogens is 282 g/mol. The number of hydrogen-bond acceptors (Lipinski definition) is 1. The number of unbranched alkanes of at least 4 members (excludes halogenated alkanes) is 13. The summed E-state index contributed by atoms with van der Waals surface area (Å²) in [5.74, 6) is 0.382. The Morgan fingerprint density at radius 3 is 1.43 bits per heavy atom. The lowest BCUT2D eigenvalue weighted by atomic mass is 9.94. The number of rotatable bonds is 18. The average Bonchev–Trinajstić information content (AvgIpc) is 2.53. The van der Waals surface area contributed by atoms with Gasteiger partial charge < -0.3 is 5.73 Å². The van der Waals surface area contributed by atoms with Gasteiger partial charge in [-0.3, -0.25) is 4.79 Å². The summed E-state index contributed by atoms with van der Waals surface area (Å²) in [5, 5.41) is 0. The van der Waals surface area contributed by atoms with Crippen molar-refractivity contribution in [2.45, 2.75) is 123 Å². The molecular formula is C21H43NO. The maximum absolute atomic E-state index is 10.9. The van der Waals surface area contributed by atoms with Gasteiger partial charge in [0.2, 0.25) is 5.91 Å². The largest absolute Gasteiger partial charge is 0.370 e. The quantitative estimate of drug-likeness (QED) is 0.278. The zero-order valence-corrected chi connectivity index (χ0v) is 16.1. The van der Waals surface area contributed by atoms with Gasteiger partial charge in [-0.1, -0.05) is 110 Å². The first kappa shape index (κ1) is 22.5. The predicted molar refractivity (Wildman–Crippen MR) is 103 cm³/mol. The summed E-state index contributed by atoms with van der Waals surface area (Å²) in [5.41, 5.74) is 5.28. The van der Waals surface area contributed by atoms with Crippen molar-refractivity contribution in [3.8, 4) is 0 Å². The topological polar surface area (TPSA) is 43.1 Å². The zero-order valence-electron chi connectivity index (χ0n) is 16.1. The van der Waals surface area contributed by atoms with Crippen LogP contribution in [0.3, 0.4) is 0 Å². The summed E-state index contributed by atoms with van der Waals surface area (Å²) < 4.78 is 0. The van der Waals surface area contributed by atoms with Crippen molar-refractivity contribution in [3.63, 3.8) is 0 Å². The van der Waals surface area contributed by atoms with E-state index in [0.29, 0.717) is 12.3 Å². The van der Waals surface area contributed by atoms with E-state index in [2.05, 4.69) is 13.8 Å².